The van der Waals surface area contributed by atoms with Gasteiger partial charge in [0.1, 0.15) is 40.8 Å². The van der Waals surface area contributed by atoms with Gasteiger partial charge in [-0.2, -0.15) is 31.6 Å². The molecule has 0 radical (unpaired) electrons. The molecule has 358 valence electrons. The van der Waals surface area contributed by atoms with Gasteiger partial charge in [0.25, 0.3) is 0 Å². The van der Waals surface area contributed by atoms with E-state index in [1.165, 1.54) is 46.9 Å². The molecule has 0 bridgehead atoms. The molecule has 0 aliphatic rings. The zero-order valence-corrected chi connectivity index (χ0v) is 38.8. The Morgan fingerprint density at radius 1 is 0.662 bits per heavy atom. The fourth-order valence-electron chi connectivity index (χ4n) is 5.79. The molecule has 0 saturated heterocycles. The lowest BCUT2D eigenvalue weighted by Crippen LogP contribution is -2.04. The number of halogens is 8. The van der Waals surface area contributed by atoms with Crippen molar-refractivity contribution in [1.29, 1.82) is 5.26 Å². The van der Waals surface area contributed by atoms with E-state index in [0.29, 0.717) is 81.6 Å². The number of aromatic nitrogens is 4. The summed E-state index contributed by atoms with van der Waals surface area (Å²) < 4.78 is 115. The minimum atomic E-state index is -4.42. The van der Waals surface area contributed by atoms with Crippen LogP contribution in [0, 0.1) is 11.3 Å². The Morgan fingerprint density at radius 3 is 1.53 bits per heavy atom. The highest BCUT2D eigenvalue weighted by Gasteiger charge is 2.31. The van der Waals surface area contributed by atoms with Crippen LogP contribution >= 0.6 is 45.9 Å². The molecule has 0 fully saturated rings. The van der Waals surface area contributed by atoms with Crippen LogP contribution in [0.5, 0.6) is 11.5 Å². The zero-order valence-electron chi connectivity index (χ0n) is 35.6. The van der Waals surface area contributed by atoms with Crippen LogP contribution in [-0.2, 0) is 57.7 Å². The molecule has 23 heteroatoms. The van der Waals surface area contributed by atoms with Gasteiger partial charge in [-0.15, -0.1) is 22.7 Å². The van der Waals surface area contributed by atoms with Crippen LogP contribution < -0.4 is 15.2 Å². The second kappa shape index (κ2) is 23.9. The average molecular weight is 1020 g/mol. The molecule has 3 aromatic heterocycles. The Bertz CT molecular complexity index is 2850. The summed E-state index contributed by atoms with van der Waals surface area (Å²) >= 11 is 15.0. The fraction of sp³-hybridized carbons (Fsp3) is 0.267. The fourth-order valence-corrected chi connectivity index (χ4v) is 8.23. The first kappa shape index (κ1) is 51.6. The maximum absolute atomic E-state index is 12.9. The number of nitrogens with zero attached hydrogens (tertiary/aromatic N) is 4. The van der Waals surface area contributed by atoms with Crippen molar-refractivity contribution in [2.45, 2.75) is 38.8 Å². The lowest BCUT2D eigenvalue weighted by atomic mass is 10.1. The second-order valence-corrected chi connectivity index (χ2v) is 16.9. The summed E-state index contributed by atoms with van der Waals surface area (Å²) in [4.78, 5) is 24.2. The quantitative estimate of drug-likeness (QED) is 0.0603. The number of rotatable bonds is 19. The summed E-state index contributed by atoms with van der Waals surface area (Å²) in [7, 11) is 3.13. The monoisotopic (exact) mass is 1020 g/mol. The summed E-state index contributed by atoms with van der Waals surface area (Å²) in [6, 6.07) is 21.2. The van der Waals surface area contributed by atoms with Crippen molar-refractivity contribution in [2.24, 2.45) is 0 Å². The maximum atomic E-state index is 12.9. The third-order valence-electron chi connectivity index (χ3n) is 9.25. The van der Waals surface area contributed by atoms with Gasteiger partial charge in [-0.3, -0.25) is 9.51 Å². The molecule has 13 nitrogen and oxygen atoms in total. The number of methoxy groups -OCH3 is 2. The van der Waals surface area contributed by atoms with Crippen LogP contribution in [0.25, 0.3) is 32.5 Å². The topological polar surface area (TPSA) is 164 Å². The normalized spacial score (nSPS) is 11.5. The number of aromatic amines is 1. The van der Waals surface area contributed by atoms with Gasteiger partial charge in [0.15, 0.2) is 5.82 Å². The van der Waals surface area contributed by atoms with Gasteiger partial charge in [0.2, 0.25) is 0 Å². The van der Waals surface area contributed by atoms with E-state index >= 15 is 0 Å². The van der Waals surface area contributed by atoms with E-state index in [0.717, 1.165) is 34.0 Å². The third-order valence-corrected chi connectivity index (χ3v) is 12.1. The molecule has 0 amide bonds. The van der Waals surface area contributed by atoms with Crippen molar-refractivity contribution >= 4 is 45.9 Å². The first-order chi connectivity index (χ1) is 32.6. The van der Waals surface area contributed by atoms with Gasteiger partial charge in [-0.25, -0.2) is 14.8 Å². The smallest absolute Gasteiger partial charge is 0.439 e. The summed E-state index contributed by atoms with van der Waals surface area (Å²) in [5.74, 6) is 0.418. The van der Waals surface area contributed by atoms with Gasteiger partial charge in [0.05, 0.1) is 87.5 Å². The third kappa shape index (κ3) is 14.3. The molecular formula is C45H37Cl2F6N5O8S2. The molecule has 3 heterocycles. The predicted molar refractivity (Wildman–Crippen MR) is 241 cm³/mol. The molecule has 4 aromatic carbocycles. The molecule has 0 aliphatic carbocycles. The second-order valence-electron chi connectivity index (χ2n) is 13.9. The largest absolute Gasteiger partial charge is 0.488 e. The highest BCUT2D eigenvalue weighted by atomic mass is 35.5. The van der Waals surface area contributed by atoms with E-state index in [4.69, 9.17) is 56.9 Å². The van der Waals surface area contributed by atoms with E-state index in [2.05, 4.69) is 24.6 Å². The molecule has 0 spiro atoms. The molecule has 7 aromatic rings. The maximum Gasteiger partial charge on any atom is 0.439 e. The van der Waals surface area contributed by atoms with Crippen LogP contribution in [0.15, 0.2) is 94.2 Å². The van der Waals surface area contributed by atoms with Crippen LogP contribution in [0.1, 0.15) is 37.8 Å². The summed E-state index contributed by atoms with van der Waals surface area (Å²) in [6.07, 6.45) is -8.82. The standard InChI is InChI=1S/C23H19ClF3N3O5S.C22H18ClF3N2O3S/c1-32-8-9-33-11-18-19(36-21(28-18)13-2-4-14(5-3-13)23(25,26)27)12-34-15-6-7-16(17(24)10-15)20-29-22(31)35-30-20;1-29-8-9-30-12-19-20(13-31-17-7-4-15(11-27)18(23)10-17)32-21(28-19)14-2-5-16(6-3-14)22(24,25)26/h2-7,10H,8-9,11-12H2,1H3,(H,29,30,31);2-7,10H,8-9,12-13H2,1H3. The van der Waals surface area contributed by atoms with Crippen LogP contribution in [0.2, 0.25) is 10.0 Å². The number of nitriles is 1. The van der Waals surface area contributed by atoms with E-state index in [9.17, 15) is 31.1 Å². The highest BCUT2D eigenvalue weighted by molar-refractivity contribution is 7.15. The molecule has 1 N–H and O–H groups in total. The summed E-state index contributed by atoms with van der Waals surface area (Å²) in [6.45, 7) is 2.21. The highest BCUT2D eigenvalue weighted by Crippen LogP contribution is 2.36. The summed E-state index contributed by atoms with van der Waals surface area (Å²) in [5.41, 5.74) is 1.69. The van der Waals surface area contributed by atoms with Crippen molar-refractivity contribution < 1.29 is 59.3 Å². The van der Waals surface area contributed by atoms with Gasteiger partial charge in [-0.1, -0.05) is 52.6 Å². The predicted octanol–water partition coefficient (Wildman–Crippen LogP) is 11.7. The lowest BCUT2D eigenvalue weighted by molar-refractivity contribution is -0.138. The molecule has 0 aliphatic heterocycles. The first-order valence-corrected chi connectivity index (χ1v) is 22.2. The van der Waals surface area contributed by atoms with Gasteiger partial charge < -0.3 is 28.4 Å². The van der Waals surface area contributed by atoms with Crippen molar-refractivity contribution in [1.82, 2.24) is 20.1 Å². The lowest BCUT2D eigenvalue weighted by Gasteiger charge is -2.08. The average Bonchev–Trinajstić information content (AvgIpc) is 4.06. The Kier molecular flexibility index (Phi) is 18.2. The number of thiazole rings is 2. The number of H-pyrrole nitrogens is 1. The Balaban J connectivity index is 0.000000226. The Morgan fingerprint density at radius 2 is 1.13 bits per heavy atom. The van der Waals surface area contributed by atoms with E-state index in [1.54, 1.807) is 50.6 Å². The number of hydrogen-bond donors (Lipinski definition) is 1. The van der Waals surface area contributed by atoms with Crippen LogP contribution in [0.3, 0.4) is 0 Å². The minimum absolute atomic E-state index is 0.123. The van der Waals surface area contributed by atoms with Crippen molar-refractivity contribution in [3.05, 3.63) is 143 Å². The number of ether oxygens (including phenoxy) is 6. The molecular weight excluding hydrogens is 988 g/mol. The van der Waals surface area contributed by atoms with Crippen molar-refractivity contribution in [3.8, 4) is 50.1 Å². The van der Waals surface area contributed by atoms with E-state index in [1.807, 2.05) is 6.07 Å². The number of hydrogen-bond acceptors (Lipinski definition) is 14. The number of benzene rings is 4. The molecule has 0 saturated carbocycles. The van der Waals surface area contributed by atoms with E-state index in [-0.39, 0.29) is 42.3 Å². The van der Waals surface area contributed by atoms with Gasteiger partial charge >= 0.3 is 18.1 Å². The van der Waals surface area contributed by atoms with Crippen LogP contribution in [0.4, 0.5) is 26.3 Å². The van der Waals surface area contributed by atoms with Gasteiger partial charge in [-0.05, 0) is 54.6 Å². The number of alkyl halides is 6. The Labute approximate surface area is 401 Å². The molecule has 7 rings (SSSR count). The van der Waals surface area contributed by atoms with Crippen LogP contribution in [-0.4, -0.2) is 60.8 Å². The van der Waals surface area contributed by atoms with Crippen molar-refractivity contribution in [2.75, 3.05) is 40.6 Å². The molecule has 0 atom stereocenters. The van der Waals surface area contributed by atoms with Gasteiger partial charge in [0, 0.05) is 37.0 Å². The van der Waals surface area contributed by atoms with E-state index < -0.39 is 29.2 Å². The molecule has 0 unspecified atom stereocenters. The zero-order chi connectivity index (χ0) is 48.8. The Hall–Kier alpha value is -5.83. The SMILES string of the molecule is COCCOCc1nc(-c2ccc(C(F)(F)F)cc2)sc1COc1ccc(-c2noc(=O)[nH]2)c(Cl)c1.COCCOCc1nc(-c2ccc(C(F)(F)F)cc2)sc1COc1ccc(C#N)c(Cl)c1. The molecule has 68 heavy (non-hydrogen) atoms. The summed E-state index contributed by atoms with van der Waals surface area (Å²) in [5, 5.41) is 14.3. The number of nitrogens with one attached hydrogen (secondary N) is 1. The first-order valence-electron chi connectivity index (χ1n) is 19.8. The minimum Gasteiger partial charge on any atom is -0.488 e. The van der Waals surface area contributed by atoms with Crippen molar-refractivity contribution in [3.63, 3.8) is 0 Å².